The number of aliphatic hydroxyl groups excluding tert-OH is 3. The SMILES string of the molecule is C=C(C)C(=O)OCCO.C=CN1CCCCCC1=O.C=CN1CCCCCC1=O.C=COC(C)=O.CCC(CC(C)(C)C(=O)OCCO)N1CCCCCC1=O.CCC(CC(C)O)N1CCCCCC1=O.CCC(CC(C)OC(C)=O)N1CCCCCC1=O.[Na+].[OH-]. The van der Waals surface area contributed by atoms with Gasteiger partial charge in [0.25, 0.3) is 0 Å². The van der Waals surface area contributed by atoms with Crippen molar-refractivity contribution in [2.24, 2.45) is 5.41 Å². The number of hydrogen-bond acceptors (Lipinski definition) is 17. The number of carbonyl (C=O) groups excluding carboxylic acids is 9. The number of likely N-dealkylation sites (tertiary alicyclic amines) is 5. The van der Waals surface area contributed by atoms with Gasteiger partial charge in [-0.15, -0.1) is 0 Å². The van der Waals surface area contributed by atoms with E-state index in [2.05, 4.69) is 56.6 Å². The number of amides is 5. The third kappa shape index (κ3) is 44.3. The van der Waals surface area contributed by atoms with E-state index in [1.807, 2.05) is 35.5 Å². The molecule has 0 bridgehead atoms. The van der Waals surface area contributed by atoms with E-state index in [9.17, 15) is 48.3 Å². The van der Waals surface area contributed by atoms with Gasteiger partial charge in [0.1, 0.15) is 19.3 Å². The van der Waals surface area contributed by atoms with E-state index >= 15 is 0 Å². The summed E-state index contributed by atoms with van der Waals surface area (Å²) in [6.45, 7) is 35.6. The van der Waals surface area contributed by atoms with E-state index in [0.29, 0.717) is 50.5 Å². The van der Waals surface area contributed by atoms with Gasteiger partial charge < -0.3 is 64.2 Å². The Morgan fingerprint density at radius 3 is 1.20 bits per heavy atom. The summed E-state index contributed by atoms with van der Waals surface area (Å²) in [5, 5.41) is 26.3. The summed E-state index contributed by atoms with van der Waals surface area (Å²) < 4.78 is 18.8. The maximum Gasteiger partial charge on any atom is 1.00 e. The van der Waals surface area contributed by atoms with Crippen LogP contribution in [0.5, 0.6) is 0 Å². The number of rotatable bonds is 22. The summed E-state index contributed by atoms with van der Waals surface area (Å²) in [6.07, 6.45) is 28.4. The van der Waals surface area contributed by atoms with E-state index in [0.717, 1.165) is 148 Å². The van der Waals surface area contributed by atoms with Crippen molar-refractivity contribution in [3.05, 3.63) is 50.6 Å². The summed E-state index contributed by atoms with van der Waals surface area (Å²) >= 11 is 0. The van der Waals surface area contributed by atoms with E-state index < -0.39 is 11.4 Å². The van der Waals surface area contributed by atoms with Crippen LogP contribution in [0, 0.1) is 5.41 Å². The Labute approximate surface area is 568 Å². The largest absolute Gasteiger partial charge is 1.00 e. The molecule has 5 saturated heterocycles. The molecule has 91 heavy (non-hydrogen) atoms. The Kier molecular flexibility index (Phi) is 57.5. The van der Waals surface area contributed by atoms with Gasteiger partial charge in [0.2, 0.25) is 29.5 Å². The molecule has 0 aromatic carbocycles. The first kappa shape index (κ1) is 92.4. The Bertz CT molecular complexity index is 2080. The second-order valence-electron chi connectivity index (χ2n) is 23.6. The second kappa shape index (κ2) is 56.6. The van der Waals surface area contributed by atoms with Crippen molar-refractivity contribution in [1.29, 1.82) is 0 Å². The zero-order valence-corrected chi connectivity index (χ0v) is 60.0. The van der Waals surface area contributed by atoms with Gasteiger partial charge in [0.15, 0.2) is 0 Å². The molecular weight excluding hydrogens is 1180 g/mol. The third-order valence-corrected chi connectivity index (χ3v) is 15.4. The molecular formula is C68H120N5NaO17. The maximum absolute atomic E-state index is 12.2. The predicted octanol–water partition coefficient (Wildman–Crippen LogP) is 7.25. The Balaban J connectivity index is -0.000000499. The van der Waals surface area contributed by atoms with Crippen LogP contribution in [0.3, 0.4) is 0 Å². The monoisotopic (exact) mass is 1300 g/mol. The second-order valence-corrected chi connectivity index (χ2v) is 23.6. The molecule has 5 unspecified atom stereocenters. The predicted molar refractivity (Wildman–Crippen MR) is 349 cm³/mol. The van der Waals surface area contributed by atoms with Crippen molar-refractivity contribution in [1.82, 2.24) is 24.5 Å². The van der Waals surface area contributed by atoms with Crippen molar-refractivity contribution in [3.8, 4) is 0 Å². The third-order valence-electron chi connectivity index (χ3n) is 15.4. The molecule has 22 nitrogen and oxygen atoms in total. The smallest absolute Gasteiger partial charge is 0.870 e. The van der Waals surface area contributed by atoms with Crippen LogP contribution < -0.4 is 29.6 Å². The molecule has 5 rings (SSSR count). The number of esters is 4. The van der Waals surface area contributed by atoms with E-state index in [1.54, 1.807) is 36.0 Å². The van der Waals surface area contributed by atoms with Crippen LogP contribution in [-0.2, 0) is 62.1 Å². The fraction of sp³-hybridized carbons (Fsp3) is 0.750. The number of hydrogen-bond donors (Lipinski definition) is 3. The van der Waals surface area contributed by atoms with Crippen molar-refractivity contribution in [2.75, 3.05) is 59.2 Å². The van der Waals surface area contributed by atoms with Crippen LogP contribution in [0.25, 0.3) is 0 Å². The average Bonchev–Trinajstić information content (AvgIpc) is 4.34. The maximum atomic E-state index is 12.2. The van der Waals surface area contributed by atoms with Gasteiger partial charge in [0.05, 0.1) is 31.0 Å². The minimum absolute atomic E-state index is 0. The van der Waals surface area contributed by atoms with Gasteiger partial charge in [-0.05, 0) is 143 Å². The standard InChI is InChI=1S/C16H29NO4.C14H25NO3.C12H23NO2.2C8H13NO.C6H10O3.C4H6O2.Na.H2O/c1-4-13(17-9-7-5-6-8-14(17)19)12-16(2,3)15(20)21-11-10-18;1-4-13(10-11(2)18-12(3)16)15-9-7-5-6-8-14(15)17;1-3-11(9-10(2)14)13-8-6-4-5-7-12(13)15;2*1-2-9-7-5-3-4-6-8(9)10;1-5(2)6(8)9-4-3-7;1-3-6-4(2)5;;/h13,18H,4-12H2,1-3H3;11,13H,4-10H2,1-3H3;10-11,14H,3-9H2,1-2H3;2*2H,1,3-7H2;7H,1,3-4H2,2H3;3H,1H2,2H3;;1H2/q;;;;;;;+1;/p-1. The fourth-order valence-electron chi connectivity index (χ4n) is 10.6. The van der Waals surface area contributed by atoms with E-state index in [1.165, 1.54) is 26.7 Å². The molecule has 5 aliphatic heterocycles. The zero-order chi connectivity index (χ0) is 67.7. The van der Waals surface area contributed by atoms with Crippen LogP contribution in [0.1, 0.15) is 236 Å². The molecule has 0 aromatic rings. The minimum Gasteiger partial charge on any atom is -0.870 e. The van der Waals surface area contributed by atoms with Crippen LogP contribution >= 0.6 is 0 Å². The van der Waals surface area contributed by atoms with Gasteiger partial charge in [-0.2, -0.15) is 0 Å². The van der Waals surface area contributed by atoms with Gasteiger partial charge >= 0.3 is 53.4 Å². The van der Waals surface area contributed by atoms with Crippen molar-refractivity contribution < 1.29 is 112 Å². The summed E-state index contributed by atoms with van der Waals surface area (Å²) in [6, 6.07) is 0.507. The van der Waals surface area contributed by atoms with Gasteiger partial charge in [-0.3, -0.25) is 38.4 Å². The average molecular weight is 1300 g/mol. The van der Waals surface area contributed by atoms with Crippen LogP contribution in [0.15, 0.2) is 50.6 Å². The number of ether oxygens (including phenoxy) is 4. The van der Waals surface area contributed by atoms with Crippen LogP contribution in [0.4, 0.5) is 0 Å². The number of nitrogens with zero attached hydrogens (tertiary/aromatic N) is 5. The molecule has 520 valence electrons. The number of carbonyl (C=O) groups is 9. The molecule has 5 fully saturated rings. The quantitative estimate of drug-likeness (QED) is 0.0316. The number of aliphatic hydroxyl groups is 3. The van der Waals surface area contributed by atoms with Crippen molar-refractivity contribution >= 4 is 53.4 Å². The Morgan fingerprint density at radius 1 is 0.538 bits per heavy atom. The van der Waals surface area contributed by atoms with Gasteiger partial charge in [-0.25, -0.2) is 4.79 Å². The summed E-state index contributed by atoms with van der Waals surface area (Å²) in [5.74, 6) is -0.140. The molecule has 5 amide bonds. The van der Waals surface area contributed by atoms with Crippen LogP contribution in [0.2, 0.25) is 0 Å². The molecule has 0 spiro atoms. The summed E-state index contributed by atoms with van der Waals surface area (Å²) in [7, 11) is 0. The van der Waals surface area contributed by atoms with Crippen molar-refractivity contribution in [2.45, 2.75) is 267 Å². The molecule has 23 heteroatoms. The van der Waals surface area contributed by atoms with Gasteiger partial charge in [0, 0.05) is 109 Å². The Morgan fingerprint density at radius 2 is 0.890 bits per heavy atom. The molecule has 0 radical (unpaired) electrons. The first-order chi connectivity index (χ1) is 42.2. The Hall–Kier alpha value is -4.97. The van der Waals surface area contributed by atoms with E-state index in [-0.39, 0.29) is 139 Å². The fourth-order valence-corrected chi connectivity index (χ4v) is 10.6. The first-order valence-corrected chi connectivity index (χ1v) is 32.8. The van der Waals surface area contributed by atoms with Crippen LogP contribution in [-0.4, -0.2) is 188 Å². The first-order valence-electron chi connectivity index (χ1n) is 32.8. The van der Waals surface area contributed by atoms with Crippen molar-refractivity contribution in [3.63, 3.8) is 0 Å². The molecule has 5 atom stereocenters. The molecule has 0 aromatic heterocycles. The normalized spacial score (nSPS) is 17.7. The molecule has 0 aliphatic carbocycles. The molecule has 5 aliphatic rings. The zero-order valence-electron chi connectivity index (χ0n) is 58.0. The minimum atomic E-state index is -0.650. The summed E-state index contributed by atoms with van der Waals surface area (Å²) in [5.41, 5.74) is -0.300. The molecule has 0 saturated carbocycles. The van der Waals surface area contributed by atoms with Gasteiger partial charge in [-0.1, -0.05) is 79.2 Å². The van der Waals surface area contributed by atoms with E-state index in [4.69, 9.17) is 19.7 Å². The molecule has 5 heterocycles. The topological polar surface area (TPSA) is 297 Å². The molecule has 4 N–H and O–H groups in total. The summed E-state index contributed by atoms with van der Waals surface area (Å²) in [4.78, 5) is 111.